The van der Waals surface area contributed by atoms with Crippen LogP contribution in [0.2, 0.25) is 5.02 Å². The van der Waals surface area contributed by atoms with E-state index in [0.29, 0.717) is 11.2 Å². The lowest BCUT2D eigenvalue weighted by Gasteiger charge is -2.01. The molecule has 0 bridgehead atoms. The number of pyridine rings is 1. The molecule has 5 nitrogen and oxygen atoms in total. The van der Waals surface area contributed by atoms with Crippen molar-refractivity contribution in [1.29, 1.82) is 0 Å². The minimum absolute atomic E-state index is 0.0657. The highest BCUT2D eigenvalue weighted by atomic mass is 35.5. The second-order valence-corrected chi connectivity index (χ2v) is 5.20. The number of benzene rings is 1. The van der Waals surface area contributed by atoms with E-state index in [2.05, 4.69) is 10.1 Å². The van der Waals surface area contributed by atoms with E-state index in [1.807, 2.05) is 25.1 Å². The van der Waals surface area contributed by atoms with Crippen molar-refractivity contribution in [3.8, 4) is 11.4 Å². The summed E-state index contributed by atoms with van der Waals surface area (Å²) in [5, 5.41) is 14.6. The number of halogens is 1. The number of aryl methyl sites for hydroxylation is 2. The van der Waals surface area contributed by atoms with Crippen molar-refractivity contribution in [3.05, 3.63) is 46.6 Å². The van der Waals surface area contributed by atoms with Gasteiger partial charge in [-0.15, -0.1) is 0 Å². The summed E-state index contributed by atoms with van der Waals surface area (Å²) in [5.41, 5.74) is 3.08. The van der Waals surface area contributed by atoms with E-state index < -0.39 is 5.97 Å². The third-order valence-corrected chi connectivity index (χ3v) is 3.61. The first-order chi connectivity index (χ1) is 9.97. The van der Waals surface area contributed by atoms with Crippen molar-refractivity contribution < 1.29 is 9.90 Å². The molecule has 0 atom stereocenters. The summed E-state index contributed by atoms with van der Waals surface area (Å²) >= 11 is 6.06. The molecule has 1 aromatic carbocycles. The van der Waals surface area contributed by atoms with Gasteiger partial charge in [0.15, 0.2) is 0 Å². The van der Waals surface area contributed by atoms with Gasteiger partial charge in [0, 0.05) is 18.1 Å². The number of carboxylic acids is 1. The molecule has 1 N–H and O–H groups in total. The third-order valence-electron chi connectivity index (χ3n) is 3.30. The van der Waals surface area contributed by atoms with Gasteiger partial charge in [0.05, 0.1) is 21.8 Å². The summed E-state index contributed by atoms with van der Waals surface area (Å²) in [7, 11) is 1.77. The van der Waals surface area contributed by atoms with E-state index in [-0.39, 0.29) is 10.6 Å². The van der Waals surface area contributed by atoms with Crippen LogP contribution in [0.3, 0.4) is 0 Å². The van der Waals surface area contributed by atoms with Gasteiger partial charge in [0.25, 0.3) is 0 Å². The van der Waals surface area contributed by atoms with Crippen molar-refractivity contribution in [2.75, 3.05) is 0 Å². The highest BCUT2D eigenvalue weighted by Gasteiger charge is 2.17. The molecule has 0 saturated carbocycles. The SMILES string of the molecule is Cc1cccc(-c2nn(C)c3cc(C(=O)O)c(Cl)cc23)n1. The number of hydrogen-bond acceptors (Lipinski definition) is 3. The highest BCUT2D eigenvalue weighted by Crippen LogP contribution is 2.31. The first kappa shape index (κ1) is 13.6. The average Bonchev–Trinajstić information content (AvgIpc) is 2.74. The van der Waals surface area contributed by atoms with Gasteiger partial charge in [-0.25, -0.2) is 4.79 Å². The predicted octanol–water partition coefficient (Wildman–Crippen LogP) is 3.30. The number of carbonyl (C=O) groups is 1. The Labute approximate surface area is 125 Å². The standard InChI is InChI=1S/C15H12ClN3O2/c1-8-4-3-5-12(17-8)14-10-6-11(16)9(15(20)21)7-13(10)19(2)18-14/h3-7H,1-2H3,(H,20,21). The van der Waals surface area contributed by atoms with Crippen LogP contribution in [0.4, 0.5) is 0 Å². The zero-order chi connectivity index (χ0) is 15.1. The normalized spacial score (nSPS) is 11.0. The molecular weight excluding hydrogens is 290 g/mol. The Kier molecular flexibility index (Phi) is 3.14. The topological polar surface area (TPSA) is 68.0 Å². The average molecular weight is 302 g/mol. The fraction of sp³-hybridized carbons (Fsp3) is 0.133. The first-order valence-electron chi connectivity index (χ1n) is 6.31. The zero-order valence-corrected chi connectivity index (χ0v) is 12.2. The first-order valence-corrected chi connectivity index (χ1v) is 6.69. The van der Waals surface area contributed by atoms with E-state index in [4.69, 9.17) is 16.7 Å². The van der Waals surface area contributed by atoms with Crippen molar-refractivity contribution in [2.45, 2.75) is 6.92 Å². The number of aromatic carboxylic acids is 1. The third kappa shape index (κ3) is 2.25. The number of fused-ring (bicyclic) bond motifs is 1. The lowest BCUT2D eigenvalue weighted by atomic mass is 10.1. The summed E-state index contributed by atoms with van der Waals surface area (Å²) in [6.07, 6.45) is 0. The molecule has 0 amide bonds. The van der Waals surface area contributed by atoms with Crippen LogP contribution in [-0.4, -0.2) is 25.8 Å². The minimum atomic E-state index is -1.06. The van der Waals surface area contributed by atoms with Gasteiger partial charge in [-0.1, -0.05) is 17.7 Å². The molecule has 2 aromatic heterocycles. The summed E-state index contributed by atoms with van der Waals surface area (Å²) in [6.45, 7) is 1.91. The van der Waals surface area contributed by atoms with E-state index in [9.17, 15) is 4.79 Å². The van der Waals surface area contributed by atoms with Gasteiger partial charge < -0.3 is 5.11 Å². The van der Waals surface area contributed by atoms with E-state index in [0.717, 1.165) is 16.8 Å². The van der Waals surface area contributed by atoms with Crippen LogP contribution in [0.5, 0.6) is 0 Å². The fourth-order valence-corrected chi connectivity index (χ4v) is 2.55. The van der Waals surface area contributed by atoms with Crippen LogP contribution in [0.25, 0.3) is 22.3 Å². The van der Waals surface area contributed by atoms with Gasteiger partial charge in [-0.3, -0.25) is 9.67 Å². The molecule has 3 rings (SSSR count). The summed E-state index contributed by atoms with van der Waals surface area (Å²) in [5.74, 6) is -1.06. The molecule has 21 heavy (non-hydrogen) atoms. The van der Waals surface area contributed by atoms with Crippen LogP contribution >= 0.6 is 11.6 Å². The van der Waals surface area contributed by atoms with E-state index in [1.165, 1.54) is 6.07 Å². The number of nitrogens with zero attached hydrogens (tertiary/aromatic N) is 3. The Morgan fingerprint density at radius 1 is 1.33 bits per heavy atom. The summed E-state index contributed by atoms with van der Waals surface area (Å²) in [4.78, 5) is 15.6. The molecule has 0 unspecified atom stereocenters. The van der Waals surface area contributed by atoms with Gasteiger partial charge in [-0.05, 0) is 31.2 Å². The molecule has 0 fully saturated rings. The smallest absolute Gasteiger partial charge is 0.337 e. The predicted molar refractivity (Wildman–Crippen MR) is 80.7 cm³/mol. The Balaban J connectivity index is 2.31. The molecule has 3 aromatic rings. The lowest BCUT2D eigenvalue weighted by molar-refractivity contribution is 0.0697. The van der Waals surface area contributed by atoms with E-state index in [1.54, 1.807) is 17.8 Å². The number of rotatable bonds is 2. The largest absolute Gasteiger partial charge is 0.478 e. The molecule has 0 aliphatic rings. The van der Waals surface area contributed by atoms with Crippen LogP contribution in [0.1, 0.15) is 16.1 Å². The lowest BCUT2D eigenvalue weighted by Crippen LogP contribution is -1.98. The van der Waals surface area contributed by atoms with Crippen LogP contribution in [0, 0.1) is 6.92 Å². The summed E-state index contributed by atoms with van der Waals surface area (Å²) < 4.78 is 1.64. The van der Waals surface area contributed by atoms with Crippen molar-refractivity contribution >= 4 is 28.5 Å². The van der Waals surface area contributed by atoms with Crippen LogP contribution in [0.15, 0.2) is 30.3 Å². The Morgan fingerprint density at radius 3 is 2.76 bits per heavy atom. The van der Waals surface area contributed by atoms with Gasteiger partial charge in [0.1, 0.15) is 5.69 Å². The van der Waals surface area contributed by atoms with E-state index >= 15 is 0 Å². The molecule has 2 heterocycles. The molecule has 0 radical (unpaired) electrons. The molecule has 0 spiro atoms. The fourth-order valence-electron chi connectivity index (χ4n) is 2.30. The molecule has 0 saturated heterocycles. The highest BCUT2D eigenvalue weighted by molar-refractivity contribution is 6.34. The maximum Gasteiger partial charge on any atom is 0.337 e. The van der Waals surface area contributed by atoms with Gasteiger partial charge in [-0.2, -0.15) is 5.10 Å². The molecule has 0 aliphatic heterocycles. The number of carboxylic acid groups (broad SMARTS) is 1. The monoisotopic (exact) mass is 301 g/mol. The Hall–Kier alpha value is -2.40. The maximum atomic E-state index is 11.2. The van der Waals surface area contributed by atoms with Crippen LogP contribution < -0.4 is 0 Å². The second-order valence-electron chi connectivity index (χ2n) is 4.79. The Morgan fingerprint density at radius 2 is 2.10 bits per heavy atom. The van der Waals surface area contributed by atoms with Gasteiger partial charge in [0.2, 0.25) is 0 Å². The quantitative estimate of drug-likeness (QED) is 0.788. The second kappa shape index (κ2) is 4.86. The molecule has 106 valence electrons. The summed E-state index contributed by atoms with van der Waals surface area (Å²) in [6, 6.07) is 8.85. The molecule has 0 aliphatic carbocycles. The van der Waals surface area contributed by atoms with Gasteiger partial charge >= 0.3 is 5.97 Å². The van der Waals surface area contributed by atoms with Crippen LogP contribution in [-0.2, 0) is 7.05 Å². The molecular formula is C15H12ClN3O2. The van der Waals surface area contributed by atoms with Crippen molar-refractivity contribution in [3.63, 3.8) is 0 Å². The van der Waals surface area contributed by atoms with Crippen molar-refractivity contribution in [1.82, 2.24) is 14.8 Å². The zero-order valence-electron chi connectivity index (χ0n) is 11.5. The maximum absolute atomic E-state index is 11.2. The minimum Gasteiger partial charge on any atom is -0.478 e. The molecule has 6 heteroatoms. The van der Waals surface area contributed by atoms with Crippen molar-refractivity contribution in [2.24, 2.45) is 7.05 Å². The Bertz CT molecular complexity index is 871. The number of aromatic nitrogens is 3. The number of hydrogen-bond donors (Lipinski definition) is 1.